The van der Waals surface area contributed by atoms with Gasteiger partial charge in [0, 0.05) is 37.9 Å². The first kappa shape index (κ1) is 14.0. The van der Waals surface area contributed by atoms with Gasteiger partial charge in [-0.05, 0) is 52.7 Å². The van der Waals surface area contributed by atoms with E-state index >= 15 is 0 Å². The van der Waals surface area contributed by atoms with Gasteiger partial charge in [0.2, 0.25) is 0 Å². The van der Waals surface area contributed by atoms with Gasteiger partial charge < -0.3 is 5.32 Å². The lowest BCUT2D eigenvalue weighted by molar-refractivity contribution is 0.197. The van der Waals surface area contributed by atoms with Crippen LogP contribution in [-0.4, -0.2) is 54.2 Å². The molecule has 2 aliphatic rings. The van der Waals surface area contributed by atoms with Gasteiger partial charge in [0.15, 0.2) is 0 Å². The summed E-state index contributed by atoms with van der Waals surface area (Å²) >= 11 is 0. The van der Waals surface area contributed by atoms with E-state index in [0.29, 0.717) is 12.1 Å². The van der Waals surface area contributed by atoms with Crippen LogP contribution in [0.5, 0.6) is 0 Å². The summed E-state index contributed by atoms with van der Waals surface area (Å²) in [6.45, 7) is 13.9. The molecule has 0 radical (unpaired) electrons. The van der Waals surface area contributed by atoms with Gasteiger partial charge >= 0.3 is 0 Å². The van der Waals surface area contributed by atoms with Crippen LogP contribution in [0, 0.1) is 0 Å². The second kappa shape index (κ2) is 6.18. The first-order chi connectivity index (χ1) is 8.65. The Hall–Kier alpha value is -0.380. The van der Waals surface area contributed by atoms with E-state index in [9.17, 15) is 0 Å². The van der Waals surface area contributed by atoms with Crippen molar-refractivity contribution in [3.63, 3.8) is 0 Å². The van der Waals surface area contributed by atoms with Gasteiger partial charge in [0.1, 0.15) is 0 Å². The maximum atomic E-state index is 3.43. The highest BCUT2D eigenvalue weighted by Gasteiger charge is 2.30. The van der Waals surface area contributed by atoms with Gasteiger partial charge in [0.25, 0.3) is 0 Å². The molecule has 0 bridgehead atoms. The van der Waals surface area contributed by atoms with Crippen LogP contribution in [-0.2, 0) is 0 Å². The number of hydrogen-bond acceptors (Lipinski definition) is 3. The van der Waals surface area contributed by atoms with Crippen LogP contribution < -0.4 is 5.32 Å². The van der Waals surface area contributed by atoms with Crippen LogP contribution in [0.1, 0.15) is 40.5 Å². The molecule has 2 heterocycles. The molecule has 0 aromatic rings. The molecule has 0 saturated carbocycles. The normalized spacial score (nSPS) is 30.9. The Morgan fingerprint density at radius 3 is 2.56 bits per heavy atom. The highest BCUT2D eigenvalue weighted by atomic mass is 15.3. The predicted molar refractivity (Wildman–Crippen MR) is 77.7 cm³/mol. The number of nitrogens with one attached hydrogen (secondary N) is 1. The molecule has 104 valence electrons. The Morgan fingerprint density at radius 1 is 1.28 bits per heavy atom. The Kier molecular flexibility index (Phi) is 4.82. The summed E-state index contributed by atoms with van der Waals surface area (Å²) < 4.78 is 0. The van der Waals surface area contributed by atoms with E-state index in [1.54, 1.807) is 5.57 Å². The lowest BCUT2D eigenvalue weighted by Gasteiger charge is -2.36. The first-order valence-corrected chi connectivity index (χ1v) is 7.51. The van der Waals surface area contributed by atoms with Crippen molar-refractivity contribution >= 4 is 0 Å². The van der Waals surface area contributed by atoms with Crippen LogP contribution in [0.15, 0.2) is 11.6 Å². The quantitative estimate of drug-likeness (QED) is 0.772. The molecular weight excluding hydrogens is 222 g/mol. The van der Waals surface area contributed by atoms with Crippen molar-refractivity contribution in [2.24, 2.45) is 0 Å². The minimum Gasteiger partial charge on any atom is -0.303 e. The molecule has 3 atom stereocenters. The maximum Gasteiger partial charge on any atom is 0.0486 e. The Balaban J connectivity index is 2.03. The third kappa shape index (κ3) is 2.79. The molecule has 2 rings (SSSR count). The number of hydrogen-bond donors (Lipinski definition) is 1. The maximum absolute atomic E-state index is 3.43. The van der Waals surface area contributed by atoms with E-state index in [0.717, 1.165) is 19.3 Å². The van der Waals surface area contributed by atoms with Gasteiger partial charge in [-0.15, -0.1) is 0 Å². The largest absolute Gasteiger partial charge is 0.303 e. The number of likely N-dealkylation sites (tertiary alicyclic amines) is 1. The third-order valence-corrected chi connectivity index (χ3v) is 4.84. The zero-order valence-corrected chi connectivity index (χ0v) is 12.4. The SMILES string of the molecule is C/C=C(/C(C)N1CCNC1)C(C)N1CCCC1C. The zero-order chi connectivity index (χ0) is 13.1. The van der Waals surface area contributed by atoms with Crippen LogP contribution in [0.25, 0.3) is 0 Å². The van der Waals surface area contributed by atoms with E-state index in [1.165, 1.54) is 25.9 Å². The van der Waals surface area contributed by atoms with Crippen molar-refractivity contribution in [3.8, 4) is 0 Å². The van der Waals surface area contributed by atoms with Crippen LogP contribution >= 0.6 is 0 Å². The molecule has 0 aromatic carbocycles. The predicted octanol–water partition coefficient (Wildman–Crippen LogP) is 2.06. The minimum absolute atomic E-state index is 0.563. The molecule has 2 aliphatic heterocycles. The molecule has 2 fully saturated rings. The van der Waals surface area contributed by atoms with Crippen LogP contribution in [0.4, 0.5) is 0 Å². The van der Waals surface area contributed by atoms with E-state index < -0.39 is 0 Å². The molecule has 3 unspecified atom stereocenters. The molecule has 18 heavy (non-hydrogen) atoms. The smallest absolute Gasteiger partial charge is 0.0486 e. The van der Waals surface area contributed by atoms with Crippen LogP contribution in [0.2, 0.25) is 0 Å². The molecule has 0 spiro atoms. The van der Waals surface area contributed by atoms with Crippen molar-refractivity contribution in [2.75, 3.05) is 26.3 Å². The first-order valence-electron chi connectivity index (χ1n) is 7.51. The van der Waals surface area contributed by atoms with E-state index in [4.69, 9.17) is 0 Å². The summed E-state index contributed by atoms with van der Waals surface area (Å²) in [7, 11) is 0. The summed E-state index contributed by atoms with van der Waals surface area (Å²) in [6.07, 6.45) is 5.07. The average molecular weight is 251 g/mol. The molecule has 3 heteroatoms. The fraction of sp³-hybridized carbons (Fsp3) is 0.867. The van der Waals surface area contributed by atoms with Gasteiger partial charge in [-0.25, -0.2) is 0 Å². The van der Waals surface area contributed by atoms with Crippen LogP contribution in [0.3, 0.4) is 0 Å². The Labute approximate surface area is 112 Å². The summed E-state index contributed by atoms with van der Waals surface area (Å²) in [5, 5.41) is 3.43. The summed E-state index contributed by atoms with van der Waals surface area (Å²) in [5.74, 6) is 0. The molecule has 1 N–H and O–H groups in total. The monoisotopic (exact) mass is 251 g/mol. The standard InChI is InChI=1S/C15H29N3/c1-5-15(13(3)17-10-8-16-11-17)14(4)18-9-6-7-12(18)2/h5,12-14,16H,6-11H2,1-4H3/b15-5-. The Bertz CT molecular complexity index is 294. The molecule has 0 amide bonds. The number of nitrogens with zero attached hydrogens (tertiary/aromatic N) is 2. The third-order valence-electron chi connectivity index (χ3n) is 4.84. The highest BCUT2D eigenvalue weighted by Crippen LogP contribution is 2.26. The molecule has 3 nitrogen and oxygen atoms in total. The summed E-state index contributed by atoms with van der Waals surface area (Å²) in [5.41, 5.74) is 1.59. The lowest BCUT2D eigenvalue weighted by atomic mass is 9.98. The van der Waals surface area contributed by atoms with Gasteiger partial charge in [-0.3, -0.25) is 9.80 Å². The van der Waals surface area contributed by atoms with Crippen molar-refractivity contribution in [3.05, 3.63) is 11.6 Å². The molecule has 0 aromatic heterocycles. The topological polar surface area (TPSA) is 18.5 Å². The van der Waals surface area contributed by atoms with Crippen molar-refractivity contribution in [1.29, 1.82) is 0 Å². The second-order valence-electron chi connectivity index (χ2n) is 5.84. The van der Waals surface area contributed by atoms with Gasteiger partial charge in [-0.1, -0.05) is 6.08 Å². The molecule has 2 saturated heterocycles. The highest BCUT2D eigenvalue weighted by molar-refractivity contribution is 5.17. The zero-order valence-electron chi connectivity index (χ0n) is 12.4. The second-order valence-corrected chi connectivity index (χ2v) is 5.84. The average Bonchev–Trinajstić information content (AvgIpc) is 2.99. The van der Waals surface area contributed by atoms with E-state index in [2.05, 4.69) is 48.9 Å². The van der Waals surface area contributed by atoms with Gasteiger partial charge in [0.05, 0.1) is 0 Å². The molecular formula is C15H29N3. The summed E-state index contributed by atoms with van der Waals surface area (Å²) in [6, 6.07) is 1.90. The van der Waals surface area contributed by atoms with E-state index in [-0.39, 0.29) is 0 Å². The van der Waals surface area contributed by atoms with Crippen molar-refractivity contribution < 1.29 is 0 Å². The molecule has 0 aliphatic carbocycles. The number of rotatable bonds is 4. The fourth-order valence-electron chi connectivity index (χ4n) is 3.62. The van der Waals surface area contributed by atoms with E-state index in [1.807, 2.05) is 0 Å². The van der Waals surface area contributed by atoms with Crippen molar-refractivity contribution in [2.45, 2.75) is 58.7 Å². The van der Waals surface area contributed by atoms with Crippen molar-refractivity contribution in [1.82, 2.24) is 15.1 Å². The minimum atomic E-state index is 0.563. The number of allylic oxidation sites excluding steroid dienone is 1. The lowest BCUT2D eigenvalue weighted by Crippen LogP contribution is -2.43. The summed E-state index contributed by atoms with van der Waals surface area (Å²) in [4.78, 5) is 5.22. The Morgan fingerprint density at radius 2 is 2.06 bits per heavy atom. The fourth-order valence-corrected chi connectivity index (χ4v) is 3.62. The van der Waals surface area contributed by atoms with Gasteiger partial charge in [-0.2, -0.15) is 0 Å².